The normalized spacial score (nSPS) is 11.9. The van der Waals surface area contributed by atoms with Crippen molar-refractivity contribution < 1.29 is 9.59 Å². The Bertz CT molecular complexity index is 1080. The van der Waals surface area contributed by atoms with Crippen molar-refractivity contribution in [3.05, 3.63) is 58.7 Å². The molecule has 0 unspecified atom stereocenters. The van der Waals surface area contributed by atoms with Crippen molar-refractivity contribution in [1.29, 1.82) is 0 Å². The van der Waals surface area contributed by atoms with Gasteiger partial charge in [0.2, 0.25) is 11.1 Å². The molecule has 7 nitrogen and oxygen atoms in total. The zero-order valence-electron chi connectivity index (χ0n) is 17.1. The van der Waals surface area contributed by atoms with E-state index < -0.39 is 0 Å². The summed E-state index contributed by atoms with van der Waals surface area (Å²) < 4.78 is 1.56. The molecule has 0 aliphatic rings. The first-order chi connectivity index (χ1) is 13.8. The number of hydrogen-bond acceptors (Lipinski definition) is 6. The zero-order chi connectivity index (χ0) is 21.1. The Morgan fingerprint density at radius 1 is 1.07 bits per heavy atom. The maximum atomic E-state index is 13.0. The van der Waals surface area contributed by atoms with E-state index in [0.29, 0.717) is 16.5 Å². The van der Waals surface area contributed by atoms with Crippen molar-refractivity contribution in [3.8, 4) is 5.69 Å². The van der Waals surface area contributed by atoms with Crippen LogP contribution in [0.3, 0.4) is 0 Å². The number of ketones is 1. The number of aromatic nitrogens is 4. The number of aryl methyl sites for hydroxylation is 3. The van der Waals surface area contributed by atoms with Crippen LogP contribution in [-0.4, -0.2) is 37.1 Å². The van der Waals surface area contributed by atoms with E-state index in [1.807, 2.05) is 52.0 Å². The number of benzene rings is 2. The van der Waals surface area contributed by atoms with Crippen LogP contribution in [-0.2, 0) is 4.79 Å². The number of carbonyl (C=O) groups excluding carboxylic acids is 2. The zero-order valence-corrected chi connectivity index (χ0v) is 17.9. The van der Waals surface area contributed by atoms with Crippen LogP contribution in [0.25, 0.3) is 5.69 Å². The number of carbonyl (C=O) groups is 2. The molecular weight excluding hydrogens is 386 g/mol. The predicted molar refractivity (Wildman–Crippen MR) is 114 cm³/mol. The largest absolute Gasteiger partial charge is 0.326 e. The number of tetrazole rings is 1. The third kappa shape index (κ3) is 4.71. The number of thioether (sulfide) groups is 1. The molecule has 0 fully saturated rings. The quantitative estimate of drug-likeness (QED) is 0.490. The Balaban J connectivity index is 1.84. The van der Waals surface area contributed by atoms with Gasteiger partial charge >= 0.3 is 0 Å². The summed E-state index contributed by atoms with van der Waals surface area (Å²) in [7, 11) is 0. The molecule has 1 aromatic heterocycles. The van der Waals surface area contributed by atoms with Crippen LogP contribution in [0.5, 0.6) is 0 Å². The minimum absolute atomic E-state index is 0.0390. The molecule has 0 radical (unpaired) electrons. The second kappa shape index (κ2) is 8.57. The minimum atomic E-state index is -0.362. The minimum Gasteiger partial charge on any atom is -0.326 e. The first-order valence-corrected chi connectivity index (χ1v) is 10.1. The summed E-state index contributed by atoms with van der Waals surface area (Å²) in [6.07, 6.45) is 0. The Kier molecular flexibility index (Phi) is 6.12. The summed E-state index contributed by atoms with van der Waals surface area (Å²) in [5.41, 5.74) is 5.30. The molecule has 0 spiro atoms. The molecule has 3 aromatic rings. The van der Waals surface area contributed by atoms with Gasteiger partial charge < -0.3 is 5.32 Å². The van der Waals surface area contributed by atoms with Crippen LogP contribution in [0.1, 0.15) is 40.9 Å². The van der Waals surface area contributed by atoms with E-state index in [1.54, 1.807) is 16.8 Å². The van der Waals surface area contributed by atoms with E-state index in [9.17, 15) is 9.59 Å². The Morgan fingerprint density at radius 3 is 2.52 bits per heavy atom. The van der Waals surface area contributed by atoms with E-state index in [0.717, 1.165) is 16.7 Å². The van der Waals surface area contributed by atoms with Gasteiger partial charge in [0, 0.05) is 18.2 Å². The van der Waals surface area contributed by atoms with Crippen molar-refractivity contribution in [1.82, 2.24) is 20.2 Å². The topological polar surface area (TPSA) is 89.8 Å². The summed E-state index contributed by atoms with van der Waals surface area (Å²) in [6, 6.07) is 11.2. The standard InChI is InChI=1S/C21H23N5O2S/c1-12-9-14(3)19(10-13(12)2)20(28)15(4)29-21-23-24-25-26(21)18-8-6-7-17(11-18)22-16(5)27/h6-11,15H,1-5H3,(H,22,27)/t15-/m0/s1. The lowest BCUT2D eigenvalue weighted by Crippen LogP contribution is -2.16. The van der Waals surface area contributed by atoms with Crippen LogP contribution in [0.15, 0.2) is 41.6 Å². The fraction of sp³-hybridized carbons (Fsp3) is 0.286. The molecule has 0 aliphatic carbocycles. The van der Waals surface area contributed by atoms with Gasteiger partial charge in [0.15, 0.2) is 5.78 Å². The second-order valence-electron chi connectivity index (χ2n) is 6.98. The maximum Gasteiger partial charge on any atom is 0.221 e. The van der Waals surface area contributed by atoms with Gasteiger partial charge in [-0.05, 0) is 79.1 Å². The molecular formula is C21H23N5O2S. The van der Waals surface area contributed by atoms with Crippen molar-refractivity contribution in [2.75, 3.05) is 5.32 Å². The highest BCUT2D eigenvalue weighted by atomic mass is 32.2. The summed E-state index contributed by atoms with van der Waals surface area (Å²) in [6.45, 7) is 9.31. The van der Waals surface area contributed by atoms with E-state index in [2.05, 4.69) is 20.8 Å². The average molecular weight is 410 g/mol. The number of Topliss-reactive ketones (excluding diaryl/α,β-unsaturated/α-hetero) is 1. The summed E-state index contributed by atoms with van der Waals surface area (Å²) >= 11 is 1.30. The smallest absolute Gasteiger partial charge is 0.221 e. The number of nitrogens with zero attached hydrogens (tertiary/aromatic N) is 4. The Hall–Kier alpha value is -3.00. The fourth-order valence-corrected chi connectivity index (χ4v) is 3.87. The second-order valence-corrected chi connectivity index (χ2v) is 8.29. The van der Waals surface area contributed by atoms with Gasteiger partial charge in [-0.3, -0.25) is 9.59 Å². The third-order valence-corrected chi connectivity index (χ3v) is 5.64. The van der Waals surface area contributed by atoms with Crippen molar-refractivity contribution in [3.63, 3.8) is 0 Å². The SMILES string of the molecule is CC(=O)Nc1cccc(-n2nnnc2S[C@@H](C)C(=O)c2cc(C)c(C)cc2C)c1. The van der Waals surface area contributed by atoms with E-state index in [1.165, 1.54) is 24.2 Å². The van der Waals surface area contributed by atoms with Gasteiger partial charge in [0.1, 0.15) is 0 Å². The van der Waals surface area contributed by atoms with Gasteiger partial charge in [0.05, 0.1) is 10.9 Å². The average Bonchev–Trinajstić information content (AvgIpc) is 3.12. The first kappa shape index (κ1) is 20.7. The van der Waals surface area contributed by atoms with Crippen LogP contribution < -0.4 is 5.32 Å². The van der Waals surface area contributed by atoms with Gasteiger partial charge in [-0.15, -0.1) is 5.10 Å². The molecule has 8 heteroatoms. The van der Waals surface area contributed by atoms with Crippen LogP contribution in [0, 0.1) is 20.8 Å². The lowest BCUT2D eigenvalue weighted by atomic mass is 9.97. The molecule has 0 bridgehead atoms. The molecule has 150 valence electrons. The Labute approximate surface area is 173 Å². The molecule has 1 atom stereocenters. The highest BCUT2D eigenvalue weighted by Gasteiger charge is 2.22. The molecule has 0 saturated carbocycles. The number of rotatable bonds is 6. The predicted octanol–water partition coefficient (Wildman–Crippen LogP) is 3.91. The molecule has 29 heavy (non-hydrogen) atoms. The van der Waals surface area contributed by atoms with E-state index in [4.69, 9.17) is 0 Å². The van der Waals surface area contributed by atoms with Gasteiger partial charge in [-0.2, -0.15) is 4.68 Å². The summed E-state index contributed by atoms with van der Waals surface area (Å²) in [5.74, 6) is -0.117. The van der Waals surface area contributed by atoms with Crippen molar-refractivity contribution >= 4 is 29.1 Å². The maximum absolute atomic E-state index is 13.0. The Morgan fingerprint density at radius 2 is 1.79 bits per heavy atom. The van der Waals surface area contributed by atoms with Gasteiger partial charge in [0.25, 0.3) is 0 Å². The van der Waals surface area contributed by atoms with Crippen molar-refractivity contribution in [2.24, 2.45) is 0 Å². The molecule has 0 aliphatic heterocycles. The number of anilines is 1. The lowest BCUT2D eigenvalue weighted by molar-refractivity contribution is -0.114. The van der Waals surface area contributed by atoms with Crippen LogP contribution in [0.2, 0.25) is 0 Å². The molecule has 2 aromatic carbocycles. The van der Waals surface area contributed by atoms with Crippen LogP contribution >= 0.6 is 11.8 Å². The highest BCUT2D eigenvalue weighted by molar-refractivity contribution is 8.00. The molecule has 1 N–H and O–H groups in total. The molecule has 0 saturated heterocycles. The lowest BCUT2D eigenvalue weighted by Gasteiger charge is -2.14. The van der Waals surface area contributed by atoms with E-state index >= 15 is 0 Å². The third-order valence-electron chi connectivity index (χ3n) is 4.61. The van der Waals surface area contributed by atoms with Crippen molar-refractivity contribution in [2.45, 2.75) is 45.0 Å². The van der Waals surface area contributed by atoms with Crippen LogP contribution in [0.4, 0.5) is 5.69 Å². The summed E-state index contributed by atoms with van der Waals surface area (Å²) in [4.78, 5) is 24.3. The molecule has 3 rings (SSSR count). The van der Waals surface area contributed by atoms with Gasteiger partial charge in [-0.25, -0.2) is 0 Å². The highest BCUT2D eigenvalue weighted by Crippen LogP contribution is 2.27. The molecule has 1 heterocycles. The van der Waals surface area contributed by atoms with E-state index in [-0.39, 0.29) is 16.9 Å². The van der Waals surface area contributed by atoms with Gasteiger partial charge in [-0.1, -0.05) is 23.9 Å². The number of hydrogen-bond donors (Lipinski definition) is 1. The first-order valence-electron chi connectivity index (χ1n) is 9.21. The summed E-state index contributed by atoms with van der Waals surface area (Å²) in [5, 5.41) is 14.8. The number of nitrogens with one attached hydrogen (secondary N) is 1. The number of amides is 1. The fourth-order valence-electron chi connectivity index (χ4n) is 2.99. The molecule has 1 amide bonds. The monoisotopic (exact) mass is 409 g/mol.